The summed E-state index contributed by atoms with van der Waals surface area (Å²) in [4.78, 5) is 28.1. The summed E-state index contributed by atoms with van der Waals surface area (Å²) in [7, 11) is 0. The number of oxime groups is 1. The molecule has 1 aromatic carbocycles. The average Bonchev–Trinajstić information content (AvgIpc) is 2.92. The average molecular weight is 299 g/mol. The molecule has 5 nitrogen and oxygen atoms in total. The van der Waals surface area contributed by atoms with E-state index in [9.17, 15) is 14.7 Å². The van der Waals surface area contributed by atoms with Crippen molar-refractivity contribution in [2.45, 2.75) is 25.4 Å². The van der Waals surface area contributed by atoms with E-state index in [-0.39, 0.29) is 30.1 Å². The van der Waals surface area contributed by atoms with Crippen molar-refractivity contribution in [3.63, 3.8) is 0 Å². The lowest BCUT2D eigenvalue weighted by Crippen LogP contribution is -2.27. The molecule has 114 valence electrons. The predicted molar refractivity (Wildman–Crippen MR) is 80.3 cm³/mol. The van der Waals surface area contributed by atoms with Crippen LogP contribution in [0.15, 0.2) is 47.6 Å². The summed E-state index contributed by atoms with van der Waals surface area (Å²) in [5, 5.41) is 13.4. The van der Waals surface area contributed by atoms with E-state index >= 15 is 0 Å². The lowest BCUT2D eigenvalue weighted by Gasteiger charge is -2.22. The summed E-state index contributed by atoms with van der Waals surface area (Å²) in [6.07, 6.45) is 4.10. The lowest BCUT2D eigenvalue weighted by molar-refractivity contribution is -0.138. The molecule has 2 aliphatic rings. The number of hydrogen-bond acceptors (Lipinski definition) is 4. The summed E-state index contributed by atoms with van der Waals surface area (Å²) in [5.74, 6) is -1.09. The highest BCUT2D eigenvalue weighted by Gasteiger charge is 2.40. The Kier molecular flexibility index (Phi) is 4.04. The zero-order valence-corrected chi connectivity index (χ0v) is 12.0. The molecule has 3 rings (SSSR count). The molecule has 1 aromatic rings. The van der Waals surface area contributed by atoms with Crippen LogP contribution in [0.1, 0.15) is 30.9 Å². The van der Waals surface area contributed by atoms with E-state index < -0.39 is 5.97 Å². The van der Waals surface area contributed by atoms with Crippen LogP contribution in [0.5, 0.6) is 0 Å². The summed E-state index contributed by atoms with van der Waals surface area (Å²) in [5.41, 5.74) is 1.66. The molecule has 22 heavy (non-hydrogen) atoms. The van der Waals surface area contributed by atoms with E-state index in [1.165, 1.54) is 0 Å². The summed E-state index contributed by atoms with van der Waals surface area (Å²) in [6.45, 7) is 0. The number of hydrogen-bond donors (Lipinski definition) is 1. The van der Waals surface area contributed by atoms with Gasteiger partial charge in [-0.15, -0.1) is 0 Å². The van der Waals surface area contributed by atoms with Crippen molar-refractivity contribution in [3.05, 3.63) is 48.0 Å². The fourth-order valence-electron chi connectivity index (χ4n) is 3.04. The topological polar surface area (TPSA) is 76.0 Å². The number of nitrogens with zero attached hydrogens (tertiary/aromatic N) is 1. The second kappa shape index (κ2) is 6.13. The minimum absolute atomic E-state index is 0.0178. The molecule has 1 heterocycles. The van der Waals surface area contributed by atoms with E-state index in [0.717, 1.165) is 11.3 Å². The van der Waals surface area contributed by atoms with Gasteiger partial charge in [-0.05, 0) is 18.1 Å². The van der Waals surface area contributed by atoms with Gasteiger partial charge in [-0.1, -0.05) is 41.6 Å². The second-order valence-electron chi connectivity index (χ2n) is 5.63. The number of benzene rings is 1. The minimum Gasteiger partial charge on any atom is -0.481 e. The number of carbonyl (C=O) groups excluding carboxylic acids is 1. The highest BCUT2D eigenvalue weighted by Crippen LogP contribution is 2.39. The fourth-order valence-corrected chi connectivity index (χ4v) is 3.04. The Bertz CT molecular complexity index is 635. The Hall–Kier alpha value is -2.43. The normalized spacial score (nSPS) is 27.4. The SMILES string of the molecule is O=C(O)CC1C(C2C=CC(=O)CC2)=NOC1c1ccccc1. The number of carbonyl (C=O) groups is 2. The van der Waals surface area contributed by atoms with Crippen molar-refractivity contribution in [3.8, 4) is 0 Å². The molecule has 0 fully saturated rings. The molecule has 0 bridgehead atoms. The number of aliphatic carboxylic acids is 1. The van der Waals surface area contributed by atoms with Gasteiger partial charge >= 0.3 is 5.97 Å². The number of ketones is 1. The molecule has 0 amide bonds. The van der Waals surface area contributed by atoms with Gasteiger partial charge in [-0.25, -0.2) is 0 Å². The van der Waals surface area contributed by atoms with Crippen LogP contribution < -0.4 is 0 Å². The van der Waals surface area contributed by atoms with Crippen LogP contribution >= 0.6 is 0 Å². The first kappa shape index (κ1) is 14.5. The van der Waals surface area contributed by atoms with Gasteiger partial charge in [-0.3, -0.25) is 9.59 Å². The van der Waals surface area contributed by atoms with Crippen molar-refractivity contribution in [1.29, 1.82) is 0 Å². The minimum atomic E-state index is -0.875. The summed E-state index contributed by atoms with van der Waals surface area (Å²) in [6, 6.07) is 9.53. The van der Waals surface area contributed by atoms with E-state index in [1.807, 2.05) is 36.4 Å². The molecular weight excluding hydrogens is 282 g/mol. The molecule has 1 aliphatic carbocycles. The van der Waals surface area contributed by atoms with Crippen LogP contribution in [0, 0.1) is 11.8 Å². The summed E-state index contributed by atoms with van der Waals surface area (Å²) >= 11 is 0. The van der Waals surface area contributed by atoms with Crippen LogP contribution in [-0.2, 0) is 14.4 Å². The monoisotopic (exact) mass is 299 g/mol. The van der Waals surface area contributed by atoms with Gasteiger partial charge in [0, 0.05) is 12.3 Å². The van der Waals surface area contributed by atoms with E-state index in [2.05, 4.69) is 5.16 Å². The smallest absolute Gasteiger partial charge is 0.304 e. The fraction of sp³-hybridized carbons (Fsp3) is 0.353. The third kappa shape index (κ3) is 2.93. The number of carboxylic acids is 1. The number of rotatable bonds is 4. The third-order valence-electron chi connectivity index (χ3n) is 4.14. The first-order chi connectivity index (χ1) is 10.6. The van der Waals surface area contributed by atoms with Gasteiger partial charge in [0.1, 0.15) is 0 Å². The van der Waals surface area contributed by atoms with Gasteiger partial charge < -0.3 is 9.94 Å². The maximum atomic E-state index is 11.3. The molecule has 1 aliphatic heterocycles. The van der Waals surface area contributed by atoms with Crippen molar-refractivity contribution in [2.24, 2.45) is 17.0 Å². The standard InChI is InChI=1S/C17H17NO4/c19-13-8-6-11(7-9-13)16-14(10-15(20)21)17(22-18-16)12-4-2-1-3-5-12/h1-6,8,11,14,17H,7,9-10H2,(H,20,21). The largest absolute Gasteiger partial charge is 0.481 e. The molecule has 0 spiro atoms. The number of carboxylic acid groups (broad SMARTS) is 1. The molecular formula is C17H17NO4. The number of allylic oxidation sites excluding steroid dienone is 2. The lowest BCUT2D eigenvalue weighted by atomic mass is 9.80. The highest BCUT2D eigenvalue weighted by atomic mass is 16.6. The molecule has 3 atom stereocenters. The van der Waals surface area contributed by atoms with Gasteiger partial charge in [0.15, 0.2) is 11.9 Å². The molecule has 0 aromatic heterocycles. The van der Waals surface area contributed by atoms with E-state index in [1.54, 1.807) is 6.08 Å². The van der Waals surface area contributed by atoms with Crippen molar-refractivity contribution in [1.82, 2.24) is 0 Å². The van der Waals surface area contributed by atoms with E-state index in [0.29, 0.717) is 12.8 Å². The van der Waals surface area contributed by atoms with Gasteiger partial charge in [0.05, 0.1) is 18.1 Å². The van der Waals surface area contributed by atoms with Crippen LogP contribution in [0.25, 0.3) is 0 Å². The van der Waals surface area contributed by atoms with Crippen LogP contribution in [0.3, 0.4) is 0 Å². The Morgan fingerprint density at radius 1 is 1.32 bits per heavy atom. The first-order valence-electron chi connectivity index (χ1n) is 7.36. The Morgan fingerprint density at radius 2 is 2.09 bits per heavy atom. The molecule has 3 unspecified atom stereocenters. The van der Waals surface area contributed by atoms with Crippen LogP contribution in [0.2, 0.25) is 0 Å². The van der Waals surface area contributed by atoms with Crippen molar-refractivity contribution >= 4 is 17.5 Å². The molecule has 0 radical (unpaired) electrons. The zero-order valence-electron chi connectivity index (χ0n) is 12.0. The second-order valence-corrected chi connectivity index (χ2v) is 5.63. The highest BCUT2D eigenvalue weighted by molar-refractivity contribution is 5.98. The molecule has 1 N–H and O–H groups in total. The van der Waals surface area contributed by atoms with E-state index in [4.69, 9.17) is 4.84 Å². The predicted octanol–water partition coefficient (Wildman–Crippen LogP) is 2.74. The molecule has 0 saturated heterocycles. The maximum Gasteiger partial charge on any atom is 0.304 e. The molecule has 5 heteroatoms. The molecule has 0 saturated carbocycles. The van der Waals surface area contributed by atoms with Crippen molar-refractivity contribution < 1.29 is 19.5 Å². The quantitative estimate of drug-likeness (QED) is 0.927. The van der Waals surface area contributed by atoms with Crippen LogP contribution in [0.4, 0.5) is 0 Å². The van der Waals surface area contributed by atoms with Gasteiger partial charge in [0.2, 0.25) is 0 Å². The third-order valence-corrected chi connectivity index (χ3v) is 4.14. The zero-order chi connectivity index (χ0) is 15.5. The Labute approximate surface area is 128 Å². The summed E-state index contributed by atoms with van der Waals surface area (Å²) < 4.78 is 0. The first-order valence-corrected chi connectivity index (χ1v) is 7.36. The Balaban J connectivity index is 1.85. The van der Waals surface area contributed by atoms with Gasteiger partial charge in [0.25, 0.3) is 0 Å². The van der Waals surface area contributed by atoms with Crippen molar-refractivity contribution in [2.75, 3.05) is 0 Å². The van der Waals surface area contributed by atoms with Gasteiger partial charge in [-0.2, -0.15) is 0 Å². The Morgan fingerprint density at radius 3 is 2.73 bits per heavy atom. The maximum absolute atomic E-state index is 11.3. The van der Waals surface area contributed by atoms with Crippen LogP contribution in [-0.4, -0.2) is 22.6 Å².